The minimum atomic E-state index is -3.52. The molecular formula is C19H21NO4S. The molecule has 1 aromatic rings. The smallest absolute Gasteiger partial charge is 0.335 e. The number of benzene rings is 1. The number of allylic oxidation sites excluding steroid dienone is 2. The average Bonchev–Trinajstić information content (AvgIpc) is 2.59. The molecule has 1 aliphatic carbocycles. The molecule has 25 heavy (non-hydrogen) atoms. The third-order valence-corrected chi connectivity index (χ3v) is 6.67. The number of aromatic carboxylic acids is 1. The maximum absolute atomic E-state index is 12.7. The molecule has 0 heterocycles. The highest BCUT2D eigenvalue weighted by atomic mass is 32.2. The van der Waals surface area contributed by atoms with Gasteiger partial charge in [0.05, 0.1) is 11.3 Å². The Hall–Kier alpha value is -2.39. The summed E-state index contributed by atoms with van der Waals surface area (Å²) in [5, 5.41) is 8.29. The van der Waals surface area contributed by atoms with Gasteiger partial charge in [-0.15, -0.1) is 0 Å². The molecule has 2 rings (SSSR count). The molecule has 0 bridgehead atoms. The van der Waals surface area contributed by atoms with E-state index >= 15 is 0 Å². The highest BCUT2D eigenvalue weighted by molar-refractivity contribution is 7.92. The lowest BCUT2D eigenvalue weighted by Gasteiger charge is -2.24. The maximum Gasteiger partial charge on any atom is 0.335 e. The maximum atomic E-state index is 12.7. The van der Waals surface area contributed by atoms with Gasteiger partial charge in [0.15, 0.2) is 15.1 Å². The van der Waals surface area contributed by atoms with Gasteiger partial charge in [-0.25, -0.2) is 19.8 Å². The van der Waals surface area contributed by atoms with Crippen molar-refractivity contribution >= 4 is 15.8 Å². The molecule has 6 heteroatoms. The number of rotatable bonds is 6. The monoisotopic (exact) mass is 359 g/mol. The van der Waals surface area contributed by atoms with Gasteiger partial charge in [-0.3, -0.25) is 0 Å². The van der Waals surface area contributed by atoms with E-state index in [1.165, 1.54) is 6.07 Å². The minimum Gasteiger partial charge on any atom is -0.478 e. The van der Waals surface area contributed by atoms with Gasteiger partial charge in [0.1, 0.15) is 0 Å². The number of nitrogens with zero attached hydrogens (tertiary/aromatic N) is 1. The lowest BCUT2D eigenvalue weighted by Crippen LogP contribution is -2.41. The molecule has 0 aliphatic heterocycles. The molecule has 1 aliphatic rings. The molecule has 1 N–H and O–H groups in total. The second-order valence-corrected chi connectivity index (χ2v) is 8.51. The summed E-state index contributed by atoms with van der Waals surface area (Å²) in [6.07, 6.45) is 7.40. The van der Waals surface area contributed by atoms with Crippen LogP contribution >= 0.6 is 0 Å². The van der Waals surface area contributed by atoms with Crippen LogP contribution in [0.3, 0.4) is 0 Å². The summed E-state index contributed by atoms with van der Waals surface area (Å²) in [6, 6.07) is 4.93. The van der Waals surface area contributed by atoms with E-state index in [-0.39, 0.29) is 17.7 Å². The van der Waals surface area contributed by atoms with Crippen molar-refractivity contribution in [2.24, 2.45) is 0 Å². The van der Waals surface area contributed by atoms with Crippen molar-refractivity contribution in [2.45, 2.75) is 37.5 Å². The van der Waals surface area contributed by atoms with Crippen molar-refractivity contribution in [1.82, 2.24) is 0 Å². The zero-order valence-electron chi connectivity index (χ0n) is 14.3. The molecule has 0 fully saturated rings. The summed E-state index contributed by atoms with van der Waals surface area (Å²) in [5.74, 6) is -1.07. The molecule has 0 saturated carbocycles. The van der Waals surface area contributed by atoms with Crippen molar-refractivity contribution in [2.75, 3.05) is 5.75 Å². The molecule has 0 aromatic heterocycles. The second-order valence-electron chi connectivity index (χ2n) is 6.27. The van der Waals surface area contributed by atoms with E-state index in [1.54, 1.807) is 43.4 Å². The highest BCUT2D eigenvalue weighted by Crippen LogP contribution is 2.29. The lowest BCUT2D eigenvalue weighted by atomic mass is 9.94. The Morgan fingerprint density at radius 3 is 2.68 bits per heavy atom. The lowest BCUT2D eigenvalue weighted by molar-refractivity contribution is 0.0695. The normalized spacial score (nSPS) is 22.5. The van der Waals surface area contributed by atoms with E-state index < -0.39 is 26.6 Å². The van der Waals surface area contributed by atoms with Crippen LogP contribution in [0.4, 0.5) is 0 Å². The summed E-state index contributed by atoms with van der Waals surface area (Å²) >= 11 is 0. The molecule has 0 spiro atoms. The number of carbonyl (C=O) groups is 1. The van der Waals surface area contributed by atoms with Gasteiger partial charge in [0, 0.05) is 13.0 Å². The summed E-state index contributed by atoms with van der Waals surface area (Å²) in [5.41, 5.74) is 0.629. The van der Waals surface area contributed by atoms with Gasteiger partial charge in [0.2, 0.25) is 0 Å². The van der Waals surface area contributed by atoms with E-state index in [4.69, 9.17) is 11.7 Å². The van der Waals surface area contributed by atoms with Crippen LogP contribution in [0.25, 0.3) is 4.85 Å². The Balaban J connectivity index is 2.20. The number of hydrogen-bond donors (Lipinski definition) is 1. The Morgan fingerprint density at radius 2 is 2.08 bits per heavy atom. The van der Waals surface area contributed by atoms with Crippen molar-refractivity contribution in [1.29, 1.82) is 0 Å². The molecule has 0 amide bonds. The van der Waals surface area contributed by atoms with Gasteiger partial charge in [0.25, 0.3) is 5.54 Å². The predicted octanol–water partition coefficient (Wildman–Crippen LogP) is 3.08. The number of aryl methyl sites for hydroxylation is 2. The van der Waals surface area contributed by atoms with Crippen molar-refractivity contribution in [3.8, 4) is 0 Å². The average molecular weight is 359 g/mol. The van der Waals surface area contributed by atoms with Gasteiger partial charge < -0.3 is 9.95 Å². The van der Waals surface area contributed by atoms with E-state index in [1.807, 2.05) is 6.92 Å². The Morgan fingerprint density at radius 1 is 1.36 bits per heavy atom. The Labute approximate surface area is 148 Å². The fourth-order valence-corrected chi connectivity index (χ4v) is 4.94. The van der Waals surface area contributed by atoms with Crippen LogP contribution in [0.2, 0.25) is 0 Å². The zero-order chi connectivity index (χ0) is 18.7. The first-order valence-corrected chi connectivity index (χ1v) is 9.76. The van der Waals surface area contributed by atoms with Crippen LogP contribution in [0, 0.1) is 6.57 Å². The first-order chi connectivity index (χ1) is 11.7. The van der Waals surface area contributed by atoms with Gasteiger partial charge in [-0.1, -0.05) is 37.3 Å². The molecule has 2 atom stereocenters. The number of sulfone groups is 1. The van der Waals surface area contributed by atoms with Crippen molar-refractivity contribution in [3.05, 3.63) is 70.6 Å². The van der Waals surface area contributed by atoms with Crippen LogP contribution in [-0.2, 0) is 22.7 Å². The van der Waals surface area contributed by atoms with Crippen molar-refractivity contribution in [3.63, 3.8) is 0 Å². The SMILES string of the molecule is [C-]#[N+]C1(C)C=CC=CC1S(=O)(=O)CCc1ccc(C(=O)O)c(CC)c1. The molecule has 2 unspecified atom stereocenters. The van der Waals surface area contributed by atoms with Gasteiger partial charge in [-0.2, -0.15) is 0 Å². The summed E-state index contributed by atoms with van der Waals surface area (Å²) in [7, 11) is -3.52. The quantitative estimate of drug-likeness (QED) is 0.792. The van der Waals surface area contributed by atoms with E-state index in [9.17, 15) is 13.2 Å². The Kier molecular flexibility index (Phi) is 5.48. The molecule has 1 aromatic carbocycles. The standard InChI is InChI=1S/C19H21NO4S/c1-4-15-13-14(8-9-16(15)18(21)22)10-12-25(23,24)17-7-5-6-11-19(17,2)20-3/h5-9,11,13,17H,4,10,12H2,1-2H3,(H,21,22). The van der Waals surface area contributed by atoms with Crippen molar-refractivity contribution < 1.29 is 18.3 Å². The van der Waals surface area contributed by atoms with Crippen LogP contribution in [0.5, 0.6) is 0 Å². The summed E-state index contributed by atoms with van der Waals surface area (Å²) in [4.78, 5) is 14.7. The summed E-state index contributed by atoms with van der Waals surface area (Å²) < 4.78 is 25.5. The van der Waals surface area contributed by atoms with E-state index in [2.05, 4.69) is 4.85 Å². The topological polar surface area (TPSA) is 75.8 Å². The largest absolute Gasteiger partial charge is 0.478 e. The molecular weight excluding hydrogens is 338 g/mol. The van der Waals surface area contributed by atoms with Crippen LogP contribution < -0.4 is 0 Å². The summed E-state index contributed by atoms with van der Waals surface area (Å²) in [6.45, 7) is 10.8. The van der Waals surface area contributed by atoms with Crippen LogP contribution in [0.1, 0.15) is 35.3 Å². The Bertz CT molecular complexity index is 877. The van der Waals surface area contributed by atoms with E-state index in [0.717, 1.165) is 5.56 Å². The van der Waals surface area contributed by atoms with Gasteiger partial charge in [-0.05, 0) is 30.0 Å². The third kappa shape index (κ3) is 3.99. The third-order valence-electron chi connectivity index (χ3n) is 4.49. The first-order valence-electron chi connectivity index (χ1n) is 8.05. The fraction of sp³-hybridized carbons (Fsp3) is 0.368. The highest BCUT2D eigenvalue weighted by Gasteiger charge is 2.45. The zero-order valence-corrected chi connectivity index (χ0v) is 15.1. The van der Waals surface area contributed by atoms with Crippen LogP contribution in [0.15, 0.2) is 42.5 Å². The van der Waals surface area contributed by atoms with E-state index in [0.29, 0.717) is 12.0 Å². The number of carboxylic acid groups (broad SMARTS) is 1. The molecule has 0 saturated heterocycles. The molecule has 132 valence electrons. The molecule has 5 nitrogen and oxygen atoms in total. The number of hydrogen-bond acceptors (Lipinski definition) is 3. The molecule has 0 radical (unpaired) electrons. The fourth-order valence-electron chi connectivity index (χ4n) is 2.98. The second kappa shape index (κ2) is 7.24. The van der Waals surface area contributed by atoms with Crippen LogP contribution in [-0.4, -0.2) is 36.0 Å². The predicted molar refractivity (Wildman–Crippen MR) is 97.3 cm³/mol. The van der Waals surface area contributed by atoms with Gasteiger partial charge >= 0.3 is 5.97 Å². The minimum absolute atomic E-state index is 0.0868. The number of carboxylic acids is 1. The first kappa shape index (κ1) is 18.9.